The molecule has 1 aliphatic carbocycles. The number of carbonyl (C=O) groups is 1. The highest BCUT2D eigenvalue weighted by Gasteiger charge is 2.38. The van der Waals surface area contributed by atoms with E-state index in [0.717, 1.165) is 5.56 Å². The summed E-state index contributed by atoms with van der Waals surface area (Å²) >= 11 is 6.14. The summed E-state index contributed by atoms with van der Waals surface area (Å²) in [6, 6.07) is 4.81. The quantitative estimate of drug-likeness (QED) is 0.883. The molecule has 0 radical (unpaired) electrons. The Morgan fingerprint density at radius 3 is 2.57 bits per heavy atom. The molecule has 0 bridgehead atoms. The molecule has 114 valence electrons. The molecular weight excluding hydrogens is 314 g/mol. The maximum atomic E-state index is 12.2. The first-order chi connectivity index (χ1) is 9.89. The van der Waals surface area contributed by atoms with Gasteiger partial charge in [0.15, 0.2) is 9.84 Å². The Balaban J connectivity index is 1.84. The summed E-state index contributed by atoms with van der Waals surface area (Å²) in [5, 5.41) is 12.1. The molecule has 2 atom stereocenters. The summed E-state index contributed by atoms with van der Waals surface area (Å²) in [6.07, 6.45) is 1.89. The van der Waals surface area contributed by atoms with Crippen molar-refractivity contribution in [2.45, 2.75) is 35.4 Å². The van der Waals surface area contributed by atoms with E-state index in [9.17, 15) is 13.2 Å². The fourth-order valence-corrected chi connectivity index (χ4v) is 4.92. The molecule has 2 fully saturated rings. The lowest BCUT2D eigenvalue weighted by Gasteiger charge is -2.13. The highest BCUT2D eigenvalue weighted by molar-refractivity contribution is 7.92. The molecule has 0 aromatic heterocycles. The number of benzene rings is 1. The summed E-state index contributed by atoms with van der Waals surface area (Å²) in [5.41, 5.74) is 0.832. The lowest BCUT2D eigenvalue weighted by atomic mass is 10.0. The molecule has 2 aliphatic rings. The third kappa shape index (κ3) is 2.80. The average molecular weight is 330 g/mol. The van der Waals surface area contributed by atoms with Crippen molar-refractivity contribution < 1.29 is 18.3 Å². The molecule has 0 spiro atoms. The van der Waals surface area contributed by atoms with Crippen molar-refractivity contribution >= 4 is 27.4 Å². The van der Waals surface area contributed by atoms with Crippen LogP contribution in [0.25, 0.3) is 0 Å². The van der Waals surface area contributed by atoms with Crippen LogP contribution in [0.15, 0.2) is 23.1 Å². The summed E-state index contributed by atoms with van der Waals surface area (Å²) < 4.78 is 24.4. The number of aliphatic carboxylic acids is 1. The molecule has 1 saturated carbocycles. The van der Waals surface area contributed by atoms with Gasteiger partial charge in [0.05, 0.1) is 21.1 Å². The van der Waals surface area contributed by atoms with Crippen LogP contribution in [0.2, 0.25) is 5.02 Å². The molecule has 0 amide bonds. The standard InChI is InChI=1S/C14H16ClNO4S/c15-11-5-8(12-6-9(7-16-12)14(17)18)1-4-13(11)21(19,20)10-2-3-10/h1,4-5,9-10,12,16H,2-3,6-7H2,(H,17,18). The minimum absolute atomic E-state index is 0.0960. The van der Waals surface area contributed by atoms with Gasteiger partial charge in [-0.05, 0) is 37.0 Å². The van der Waals surface area contributed by atoms with E-state index in [2.05, 4.69) is 5.32 Å². The van der Waals surface area contributed by atoms with Crippen LogP contribution in [0.5, 0.6) is 0 Å². The van der Waals surface area contributed by atoms with E-state index in [1.807, 2.05) is 0 Å². The van der Waals surface area contributed by atoms with Gasteiger partial charge >= 0.3 is 5.97 Å². The van der Waals surface area contributed by atoms with Gasteiger partial charge in [0.1, 0.15) is 0 Å². The van der Waals surface area contributed by atoms with E-state index in [1.54, 1.807) is 18.2 Å². The second-order valence-electron chi connectivity index (χ2n) is 5.67. The van der Waals surface area contributed by atoms with E-state index >= 15 is 0 Å². The van der Waals surface area contributed by atoms with Crippen molar-refractivity contribution in [2.24, 2.45) is 5.92 Å². The van der Waals surface area contributed by atoms with Crippen molar-refractivity contribution in [3.05, 3.63) is 28.8 Å². The van der Waals surface area contributed by atoms with Crippen molar-refractivity contribution in [2.75, 3.05) is 6.54 Å². The van der Waals surface area contributed by atoms with E-state index < -0.39 is 21.7 Å². The fraction of sp³-hybridized carbons (Fsp3) is 0.500. The van der Waals surface area contributed by atoms with E-state index in [-0.39, 0.29) is 21.2 Å². The number of hydrogen-bond acceptors (Lipinski definition) is 4. The number of sulfone groups is 1. The van der Waals surface area contributed by atoms with Crippen molar-refractivity contribution in [3.8, 4) is 0 Å². The predicted molar refractivity (Wildman–Crippen MR) is 78.1 cm³/mol. The summed E-state index contributed by atoms with van der Waals surface area (Å²) in [6.45, 7) is 0.416. The normalized spacial score (nSPS) is 26.0. The minimum Gasteiger partial charge on any atom is -0.481 e. The van der Waals surface area contributed by atoms with Crippen LogP contribution in [0.4, 0.5) is 0 Å². The first kappa shape index (κ1) is 14.8. The number of halogens is 1. The molecule has 21 heavy (non-hydrogen) atoms. The summed E-state index contributed by atoms with van der Waals surface area (Å²) in [4.78, 5) is 11.2. The Morgan fingerprint density at radius 2 is 2.05 bits per heavy atom. The third-order valence-corrected chi connectivity index (χ3v) is 6.85. The van der Waals surface area contributed by atoms with Crippen LogP contribution in [-0.4, -0.2) is 31.3 Å². The van der Waals surface area contributed by atoms with Crippen LogP contribution in [0.3, 0.4) is 0 Å². The number of hydrogen-bond donors (Lipinski definition) is 2. The molecule has 1 heterocycles. The summed E-state index contributed by atoms with van der Waals surface area (Å²) in [7, 11) is -3.31. The molecule has 3 rings (SSSR count). The fourth-order valence-electron chi connectivity index (χ4n) is 2.70. The molecule has 1 saturated heterocycles. The predicted octanol–water partition coefficient (Wildman–Crippen LogP) is 2.01. The molecule has 5 nitrogen and oxygen atoms in total. The van der Waals surface area contributed by atoms with Gasteiger partial charge in [-0.1, -0.05) is 17.7 Å². The Morgan fingerprint density at radius 1 is 1.33 bits per heavy atom. The van der Waals surface area contributed by atoms with Crippen LogP contribution in [-0.2, 0) is 14.6 Å². The van der Waals surface area contributed by atoms with Gasteiger partial charge < -0.3 is 10.4 Å². The maximum absolute atomic E-state index is 12.2. The zero-order valence-corrected chi connectivity index (χ0v) is 12.8. The van der Waals surface area contributed by atoms with Crippen LogP contribution >= 0.6 is 11.6 Å². The number of carboxylic acids is 1. The van der Waals surface area contributed by atoms with Crippen LogP contribution in [0.1, 0.15) is 30.9 Å². The Labute approximate surface area is 128 Å². The molecule has 7 heteroatoms. The molecule has 2 N–H and O–H groups in total. The Kier molecular flexibility index (Phi) is 3.71. The SMILES string of the molecule is O=C(O)C1CNC(c2ccc(S(=O)(=O)C3CC3)c(Cl)c2)C1. The highest BCUT2D eigenvalue weighted by atomic mass is 35.5. The topological polar surface area (TPSA) is 83.5 Å². The first-order valence-corrected chi connectivity index (χ1v) is 8.81. The van der Waals surface area contributed by atoms with Gasteiger partial charge in [-0.25, -0.2) is 8.42 Å². The maximum Gasteiger partial charge on any atom is 0.307 e. The lowest BCUT2D eigenvalue weighted by Crippen LogP contribution is -2.17. The third-order valence-electron chi connectivity index (χ3n) is 4.11. The monoisotopic (exact) mass is 329 g/mol. The van der Waals surface area contributed by atoms with Gasteiger partial charge in [0.2, 0.25) is 0 Å². The van der Waals surface area contributed by atoms with Crippen molar-refractivity contribution in [1.82, 2.24) is 5.32 Å². The van der Waals surface area contributed by atoms with Gasteiger partial charge in [0.25, 0.3) is 0 Å². The largest absolute Gasteiger partial charge is 0.481 e. The zero-order chi connectivity index (χ0) is 15.2. The number of rotatable bonds is 4. The Hall–Kier alpha value is -1.11. The van der Waals surface area contributed by atoms with Crippen molar-refractivity contribution in [1.29, 1.82) is 0 Å². The average Bonchev–Trinajstić information content (AvgIpc) is 3.16. The second kappa shape index (κ2) is 5.26. The van der Waals surface area contributed by atoms with E-state index in [1.165, 1.54) is 0 Å². The molecule has 1 aliphatic heterocycles. The van der Waals surface area contributed by atoms with Crippen LogP contribution < -0.4 is 5.32 Å². The zero-order valence-electron chi connectivity index (χ0n) is 11.3. The van der Waals surface area contributed by atoms with Crippen molar-refractivity contribution in [3.63, 3.8) is 0 Å². The minimum atomic E-state index is -3.31. The number of nitrogens with one attached hydrogen (secondary N) is 1. The highest BCUT2D eigenvalue weighted by Crippen LogP contribution is 2.38. The van der Waals surface area contributed by atoms with Crippen LogP contribution in [0, 0.1) is 5.92 Å². The molecule has 1 aromatic rings. The smallest absolute Gasteiger partial charge is 0.307 e. The second-order valence-corrected chi connectivity index (χ2v) is 8.27. The first-order valence-electron chi connectivity index (χ1n) is 6.89. The summed E-state index contributed by atoms with van der Waals surface area (Å²) in [5.74, 6) is -1.23. The molecule has 2 unspecified atom stereocenters. The molecular formula is C14H16ClNO4S. The van der Waals surface area contributed by atoms with Gasteiger partial charge in [0, 0.05) is 12.6 Å². The van der Waals surface area contributed by atoms with E-state index in [0.29, 0.717) is 25.8 Å². The van der Waals surface area contributed by atoms with E-state index in [4.69, 9.17) is 16.7 Å². The molecule has 1 aromatic carbocycles. The lowest BCUT2D eigenvalue weighted by molar-refractivity contribution is -0.141. The van der Waals surface area contributed by atoms with Gasteiger partial charge in [-0.2, -0.15) is 0 Å². The van der Waals surface area contributed by atoms with Gasteiger partial charge in [-0.3, -0.25) is 4.79 Å². The van der Waals surface area contributed by atoms with Gasteiger partial charge in [-0.15, -0.1) is 0 Å². The number of carboxylic acid groups (broad SMARTS) is 1. The Bertz CT molecular complexity index is 684.